The van der Waals surface area contributed by atoms with E-state index in [0.29, 0.717) is 6.42 Å². The predicted molar refractivity (Wildman–Crippen MR) is 49.2 cm³/mol. The minimum absolute atomic E-state index is 0. The molecule has 0 aromatic rings. The van der Waals surface area contributed by atoms with Crippen LogP contribution in [0.15, 0.2) is 0 Å². The van der Waals surface area contributed by atoms with Gasteiger partial charge in [0.05, 0.1) is 13.2 Å². The third-order valence-electron chi connectivity index (χ3n) is 0.525. The molecule has 0 unspecified atom stereocenters. The van der Waals surface area contributed by atoms with Gasteiger partial charge in [0.15, 0.2) is 0 Å². The summed E-state index contributed by atoms with van der Waals surface area (Å²) in [6.07, 6.45) is -1.25. The number of hydrogen-bond acceptors (Lipinski definition) is 3. The summed E-state index contributed by atoms with van der Waals surface area (Å²) < 4.78 is 4.50. The smallest absolute Gasteiger partial charge is 0.224 e. The molecule has 0 atom stereocenters. The Morgan fingerprint density at radius 2 is 1.17 bits per heavy atom. The normalized spacial score (nSPS) is 7.39. The first-order valence-corrected chi connectivity index (χ1v) is 3.27. The van der Waals surface area contributed by atoms with Crippen molar-refractivity contribution in [3.63, 3.8) is 0 Å². The monoisotopic (exact) mass is 636 g/mol. The van der Waals surface area contributed by atoms with Gasteiger partial charge in [-0.2, -0.15) is 0 Å². The molecular formula is C7H15N2O4Y5-3. The van der Waals surface area contributed by atoms with Crippen LogP contribution in [0, 0.1) is 7.43 Å². The van der Waals surface area contributed by atoms with Gasteiger partial charge >= 0.3 is 0 Å². The Bertz CT molecular complexity index is 145. The number of carboxylic acid groups (broad SMARTS) is 1. The van der Waals surface area contributed by atoms with Crippen molar-refractivity contribution in [1.82, 2.24) is 0 Å². The molecule has 1 fully saturated rings. The topological polar surface area (TPSA) is 115 Å². The molecule has 1 heterocycles. The molecular weight excluding hydrogens is 621 g/mol. The van der Waals surface area contributed by atoms with Crippen molar-refractivity contribution >= 4 is 12.0 Å². The van der Waals surface area contributed by atoms with E-state index in [1.807, 2.05) is 0 Å². The molecule has 1 aliphatic rings. The van der Waals surface area contributed by atoms with Gasteiger partial charge in [-0.15, -0.1) is 0 Å². The van der Waals surface area contributed by atoms with Crippen LogP contribution in [-0.4, -0.2) is 30.3 Å². The first-order chi connectivity index (χ1) is 5.50. The second-order valence-electron chi connectivity index (χ2n) is 1.69. The van der Waals surface area contributed by atoms with Crippen molar-refractivity contribution in [1.29, 1.82) is 0 Å². The fourth-order valence-electron chi connectivity index (χ4n) is 0. The van der Waals surface area contributed by atoms with E-state index in [2.05, 4.69) is 4.74 Å². The number of hydrogen-bond donors (Lipinski definition) is 1. The maximum Gasteiger partial charge on any atom is 0.224 e. The van der Waals surface area contributed by atoms with Gasteiger partial charge < -0.3 is 33.5 Å². The van der Waals surface area contributed by atoms with Crippen molar-refractivity contribution in [3.05, 3.63) is 18.9 Å². The SMILES string of the molecule is C1CO1.CCC([NH-])=O.[CH3-].[NH-]C(=O)O.[Y].[Y].[Y].[Y].[Y]. The number of ether oxygens (including phenoxy) is 1. The fourth-order valence-corrected chi connectivity index (χ4v) is 0. The van der Waals surface area contributed by atoms with Gasteiger partial charge in [0.25, 0.3) is 0 Å². The molecule has 0 spiro atoms. The molecule has 6 nitrogen and oxygen atoms in total. The van der Waals surface area contributed by atoms with Gasteiger partial charge in [-0.3, -0.25) is 4.79 Å². The van der Waals surface area contributed by atoms with Crippen LogP contribution < -0.4 is 0 Å². The Hall–Kier alpha value is 4.22. The minimum atomic E-state index is -1.58. The molecule has 1 aliphatic heterocycles. The first-order valence-electron chi connectivity index (χ1n) is 3.27. The summed E-state index contributed by atoms with van der Waals surface area (Å²) in [6.45, 7) is 3.66. The maximum absolute atomic E-state index is 9.48. The summed E-state index contributed by atoms with van der Waals surface area (Å²) in [4.78, 5) is 18.1. The molecule has 0 aromatic carbocycles. The van der Waals surface area contributed by atoms with Crippen LogP contribution in [0.1, 0.15) is 13.3 Å². The van der Waals surface area contributed by atoms with E-state index in [9.17, 15) is 4.79 Å². The molecule has 3 N–H and O–H groups in total. The van der Waals surface area contributed by atoms with E-state index in [0.717, 1.165) is 13.2 Å². The van der Waals surface area contributed by atoms with E-state index >= 15 is 0 Å². The van der Waals surface area contributed by atoms with Crippen molar-refractivity contribution in [2.75, 3.05) is 13.2 Å². The van der Waals surface area contributed by atoms with Gasteiger partial charge in [0, 0.05) is 169 Å². The molecule has 1 saturated heterocycles. The predicted octanol–water partition coefficient (Wildman–Crippen LogP) is 2.15. The molecule has 0 saturated carbocycles. The Balaban J connectivity index is -0.0000000120. The first kappa shape index (κ1) is 49.5. The molecule has 1 rings (SSSR count). The number of carbonyl (C=O) groups excluding carboxylic acids is 1. The number of rotatable bonds is 1. The number of nitrogens with one attached hydrogen (secondary N) is 2. The zero-order chi connectivity index (χ0) is 9.98. The number of epoxide rings is 1. The van der Waals surface area contributed by atoms with Gasteiger partial charge in [-0.1, -0.05) is 6.92 Å². The largest absolute Gasteiger partial charge is 0.668 e. The van der Waals surface area contributed by atoms with E-state index in [1.54, 1.807) is 6.92 Å². The molecule has 11 heteroatoms. The van der Waals surface area contributed by atoms with Crippen LogP contribution >= 0.6 is 0 Å². The van der Waals surface area contributed by atoms with Crippen molar-refractivity contribution < 1.29 is 183 Å². The Labute approximate surface area is 235 Å². The van der Waals surface area contributed by atoms with Crippen LogP contribution in [0.4, 0.5) is 4.79 Å². The summed E-state index contributed by atoms with van der Waals surface area (Å²) in [7, 11) is 0. The van der Waals surface area contributed by atoms with Crippen molar-refractivity contribution in [2.45, 2.75) is 13.3 Å². The molecule has 5 radical (unpaired) electrons. The zero-order valence-electron chi connectivity index (χ0n) is 10.7. The Kier molecular flexibility index (Phi) is 118. The molecule has 18 heavy (non-hydrogen) atoms. The average Bonchev–Trinajstić information content (AvgIpc) is 2.70. The van der Waals surface area contributed by atoms with Crippen molar-refractivity contribution in [3.8, 4) is 0 Å². The molecule has 0 bridgehead atoms. The second-order valence-corrected chi connectivity index (χ2v) is 1.69. The van der Waals surface area contributed by atoms with Gasteiger partial charge in [0.2, 0.25) is 6.09 Å². The van der Waals surface area contributed by atoms with Crippen LogP contribution in [0.2, 0.25) is 0 Å². The fraction of sp³-hybridized carbons (Fsp3) is 0.571. The summed E-state index contributed by atoms with van der Waals surface area (Å²) in [5.74, 6) is -0.495. The number of amides is 2. The third kappa shape index (κ3) is 143. The van der Waals surface area contributed by atoms with Gasteiger partial charge in [-0.25, -0.2) is 0 Å². The molecule has 0 aliphatic carbocycles. The second kappa shape index (κ2) is 42.9. The van der Waals surface area contributed by atoms with Gasteiger partial charge in [0.1, 0.15) is 0 Å². The van der Waals surface area contributed by atoms with E-state index in [1.165, 1.54) is 0 Å². The van der Waals surface area contributed by atoms with Gasteiger partial charge in [-0.05, 0) is 6.42 Å². The zero-order valence-corrected chi connectivity index (χ0v) is 24.9. The molecule has 0 aromatic heterocycles. The average molecular weight is 636 g/mol. The summed E-state index contributed by atoms with van der Waals surface area (Å²) >= 11 is 0. The van der Waals surface area contributed by atoms with Crippen molar-refractivity contribution in [2.24, 2.45) is 0 Å². The summed E-state index contributed by atoms with van der Waals surface area (Å²) in [6, 6.07) is 0. The van der Waals surface area contributed by atoms with Crippen LogP contribution in [0.3, 0.4) is 0 Å². The van der Waals surface area contributed by atoms with Crippen LogP contribution in [0.25, 0.3) is 11.5 Å². The minimum Gasteiger partial charge on any atom is -0.668 e. The Morgan fingerprint density at radius 1 is 1.06 bits per heavy atom. The number of carbonyl (C=O) groups is 2. The van der Waals surface area contributed by atoms with Crippen LogP contribution in [0.5, 0.6) is 0 Å². The summed E-state index contributed by atoms with van der Waals surface area (Å²) in [5.41, 5.74) is 11.7. The van der Waals surface area contributed by atoms with E-state index in [4.69, 9.17) is 21.4 Å². The standard InChI is InChI=1S/C3H7NO.C2H4O.CH2NO2.CH3.5Y/c1-2-3(4)5;1-2-3-1;2-1(3)4;;;;;;/h2H2,1H3,(H2,4,5);1-2H2;2H,(H,3,4);1H3;;;;;/q;;2*-1;;;;;/p-1. The maximum atomic E-state index is 9.48. The van der Waals surface area contributed by atoms with Crippen LogP contribution in [-0.2, 0) is 173 Å². The van der Waals surface area contributed by atoms with E-state index in [-0.39, 0.29) is 171 Å². The summed E-state index contributed by atoms with van der Waals surface area (Å²) in [5, 5.41) is 7.08. The third-order valence-corrected chi connectivity index (χ3v) is 0.525. The molecule has 95 valence electrons. The van der Waals surface area contributed by atoms with E-state index < -0.39 is 12.0 Å². The quantitative estimate of drug-likeness (QED) is 0.351. The Morgan fingerprint density at radius 3 is 1.17 bits per heavy atom. The molecule has 2 amide bonds.